The maximum absolute atomic E-state index is 5.64. The van der Waals surface area contributed by atoms with Crippen molar-refractivity contribution >= 4 is 0 Å². The van der Waals surface area contributed by atoms with Gasteiger partial charge in [0.1, 0.15) is 12.7 Å². The van der Waals surface area contributed by atoms with Crippen LogP contribution >= 0.6 is 0 Å². The lowest BCUT2D eigenvalue weighted by atomic mass is 9.82. The van der Waals surface area contributed by atoms with Gasteiger partial charge in [-0.3, -0.25) is 0 Å². The third-order valence-corrected chi connectivity index (χ3v) is 2.95. The minimum absolute atomic E-state index is 0.0733. The molecule has 0 heterocycles. The summed E-state index contributed by atoms with van der Waals surface area (Å²) in [4.78, 5) is 0. The molecule has 1 fully saturated rings. The van der Waals surface area contributed by atoms with Crippen molar-refractivity contribution in [2.75, 3.05) is 13.7 Å². The smallest absolute Gasteiger partial charge is 0.168 e. The van der Waals surface area contributed by atoms with Crippen LogP contribution in [0, 0.1) is 0 Å². The van der Waals surface area contributed by atoms with Gasteiger partial charge in [-0.15, -0.1) is 0 Å². The van der Waals surface area contributed by atoms with Crippen molar-refractivity contribution in [3.63, 3.8) is 0 Å². The molecule has 0 amide bonds. The van der Waals surface area contributed by atoms with E-state index in [1.807, 2.05) is 0 Å². The predicted octanol–water partition coefficient (Wildman–Crippen LogP) is 2.63. The van der Waals surface area contributed by atoms with Crippen molar-refractivity contribution in [2.45, 2.75) is 37.4 Å². The Morgan fingerprint density at radius 3 is 2.73 bits per heavy atom. The minimum atomic E-state index is -0.386. The second-order valence-electron chi connectivity index (χ2n) is 3.80. The molecule has 0 bridgehead atoms. The molecule has 0 N–H and O–H groups in total. The number of rotatable bonds is 6. The quantitative estimate of drug-likeness (QED) is 0.633. The predicted molar refractivity (Wildman–Crippen MR) is 59.4 cm³/mol. The van der Waals surface area contributed by atoms with Crippen LogP contribution in [-0.2, 0) is 14.2 Å². The van der Waals surface area contributed by atoms with Gasteiger partial charge in [0.25, 0.3) is 0 Å². The van der Waals surface area contributed by atoms with Crippen LogP contribution < -0.4 is 0 Å². The van der Waals surface area contributed by atoms with Gasteiger partial charge in [-0.05, 0) is 19.3 Å². The van der Waals surface area contributed by atoms with Gasteiger partial charge in [0.05, 0.1) is 12.5 Å². The van der Waals surface area contributed by atoms with Gasteiger partial charge in [0.2, 0.25) is 0 Å². The lowest BCUT2D eigenvalue weighted by Gasteiger charge is -2.41. The Labute approximate surface area is 91.7 Å². The molecule has 1 saturated carbocycles. The highest BCUT2D eigenvalue weighted by Gasteiger charge is 2.43. The van der Waals surface area contributed by atoms with Crippen molar-refractivity contribution in [3.05, 3.63) is 25.7 Å². The Morgan fingerprint density at radius 1 is 1.33 bits per heavy atom. The summed E-state index contributed by atoms with van der Waals surface area (Å²) in [6.07, 6.45) is 7.24. The lowest BCUT2D eigenvalue weighted by Crippen LogP contribution is -2.50. The number of hydrogen-bond donors (Lipinski definition) is 0. The summed E-state index contributed by atoms with van der Waals surface area (Å²) < 4.78 is 16.4. The molecule has 1 rings (SSSR count). The van der Waals surface area contributed by atoms with Crippen molar-refractivity contribution in [2.24, 2.45) is 0 Å². The molecular weight excluding hydrogens is 192 g/mol. The zero-order valence-corrected chi connectivity index (χ0v) is 9.41. The molecule has 0 radical (unpaired) electrons. The maximum atomic E-state index is 5.64. The lowest BCUT2D eigenvalue weighted by molar-refractivity contribution is -0.146. The Balaban J connectivity index is 2.73. The number of methoxy groups -OCH3 is 1. The third kappa shape index (κ3) is 2.75. The van der Waals surface area contributed by atoms with Crippen LogP contribution in [0.3, 0.4) is 0 Å². The van der Waals surface area contributed by atoms with E-state index in [0.29, 0.717) is 6.61 Å². The zero-order chi connectivity index (χ0) is 11.1. The van der Waals surface area contributed by atoms with Gasteiger partial charge in [-0.25, -0.2) is 0 Å². The molecule has 15 heavy (non-hydrogen) atoms. The average molecular weight is 212 g/mol. The van der Waals surface area contributed by atoms with Crippen LogP contribution in [0.15, 0.2) is 25.7 Å². The molecule has 3 heteroatoms. The van der Waals surface area contributed by atoms with E-state index in [1.54, 1.807) is 7.11 Å². The first-order valence-corrected chi connectivity index (χ1v) is 5.33. The van der Waals surface area contributed by atoms with Crippen molar-refractivity contribution in [3.8, 4) is 0 Å². The van der Waals surface area contributed by atoms with E-state index in [0.717, 1.165) is 19.3 Å². The summed E-state index contributed by atoms with van der Waals surface area (Å²) in [7, 11) is 1.71. The van der Waals surface area contributed by atoms with Gasteiger partial charge in [0, 0.05) is 7.11 Å². The molecule has 0 aromatic carbocycles. The SMILES string of the molecule is C=COCC1(OC=C)CCCCC1OC. The minimum Gasteiger partial charge on any atom is -0.498 e. The van der Waals surface area contributed by atoms with Gasteiger partial charge in [-0.2, -0.15) is 0 Å². The zero-order valence-electron chi connectivity index (χ0n) is 9.41. The second kappa shape index (κ2) is 5.81. The topological polar surface area (TPSA) is 27.7 Å². The first-order valence-electron chi connectivity index (χ1n) is 5.33. The van der Waals surface area contributed by atoms with Crippen molar-refractivity contribution in [1.29, 1.82) is 0 Å². The molecule has 0 aromatic heterocycles. The van der Waals surface area contributed by atoms with Crippen LogP contribution in [0.4, 0.5) is 0 Å². The fourth-order valence-electron chi connectivity index (χ4n) is 2.21. The van der Waals surface area contributed by atoms with E-state index < -0.39 is 0 Å². The van der Waals surface area contributed by atoms with Crippen LogP contribution in [0.2, 0.25) is 0 Å². The molecule has 0 spiro atoms. The molecular formula is C12H20O3. The molecule has 86 valence electrons. The molecule has 0 saturated heterocycles. The third-order valence-electron chi connectivity index (χ3n) is 2.95. The summed E-state index contributed by atoms with van der Waals surface area (Å²) >= 11 is 0. The van der Waals surface area contributed by atoms with Crippen LogP contribution in [0.1, 0.15) is 25.7 Å². The first kappa shape index (κ1) is 12.1. The van der Waals surface area contributed by atoms with E-state index in [1.165, 1.54) is 18.9 Å². The van der Waals surface area contributed by atoms with Gasteiger partial charge in [0.15, 0.2) is 5.60 Å². The highest BCUT2D eigenvalue weighted by Crippen LogP contribution is 2.34. The fourth-order valence-corrected chi connectivity index (χ4v) is 2.21. The summed E-state index contributed by atoms with van der Waals surface area (Å²) in [5.74, 6) is 0. The van der Waals surface area contributed by atoms with Crippen LogP contribution in [-0.4, -0.2) is 25.4 Å². The van der Waals surface area contributed by atoms with Crippen LogP contribution in [0.25, 0.3) is 0 Å². The highest BCUT2D eigenvalue weighted by molar-refractivity contribution is 4.94. The molecule has 0 aromatic rings. The number of ether oxygens (including phenoxy) is 3. The largest absolute Gasteiger partial charge is 0.498 e. The van der Waals surface area contributed by atoms with E-state index in [9.17, 15) is 0 Å². The molecule has 2 atom stereocenters. The maximum Gasteiger partial charge on any atom is 0.168 e. The van der Waals surface area contributed by atoms with E-state index in [4.69, 9.17) is 14.2 Å². The highest BCUT2D eigenvalue weighted by atomic mass is 16.6. The monoisotopic (exact) mass is 212 g/mol. The molecule has 3 nitrogen and oxygen atoms in total. The van der Waals surface area contributed by atoms with E-state index in [-0.39, 0.29) is 11.7 Å². The number of hydrogen-bond acceptors (Lipinski definition) is 3. The Hall–Kier alpha value is -0.960. The van der Waals surface area contributed by atoms with Crippen molar-refractivity contribution in [1.82, 2.24) is 0 Å². The van der Waals surface area contributed by atoms with Gasteiger partial charge in [-0.1, -0.05) is 19.6 Å². The first-order chi connectivity index (χ1) is 7.29. The van der Waals surface area contributed by atoms with Gasteiger partial charge >= 0.3 is 0 Å². The molecule has 2 unspecified atom stereocenters. The molecule has 0 aliphatic heterocycles. The van der Waals surface area contributed by atoms with Crippen molar-refractivity contribution < 1.29 is 14.2 Å². The van der Waals surface area contributed by atoms with Crippen LogP contribution in [0.5, 0.6) is 0 Å². The summed E-state index contributed by atoms with van der Waals surface area (Å²) in [6, 6.07) is 0. The fraction of sp³-hybridized carbons (Fsp3) is 0.667. The summed E-state index contributed by atoms with van der Waals surface area (Å²) in [5, 5.41) is 0. The van der Waals surface area contributed by atoms with E-state index >= 15 is 0 Å². The summed E-state index contributed by atoms with van der Waals surface area (Å²) in [5.41, 5.74) is -0.386. The normalized spacial score (nSPS) is 30.6. The Morgan fingerprint density at radius 2 is 2.13 bits per heavy atom. The molecule has 1 aliphatic carbocycles. The van der Waals surface area contributed by atoms with E-state index in [2.05, 4.69) is 13.2 Å². The molecule has 1 aliphatic rings. The van der Waals surface area contributed by atoms with Gasteiger partial charge < -0.3 is 14.2 Å². The Bertz CT molecular complexity index is 215. The Kier molecular flexibility index (Phi) is 4.69. The second-order valence-corrected chi connectivity index (χ2v) is 3.80. The average Bonchev–Trinajstić information content (AvgIpc) is 2.27. The standard InChI is InChI=1S/C12H20O3/c1-4-14-10-12(15-5-2)9-7-6-8-11(12)13-3/h4-5,11H,1-2,6-10H2,3H3. The summed E-state index contributed by atoms with van der Waals surface area (Å²) in [6.45, 7) is 7.63.